The van der Waals surface area contributed by atoms with Crippen molar-refractivity contribution >= 4 is 48.9 Å². The summed E-state index contributed by atoms with van der Waals surface area (Å²) in [6.45, 7) is 5.34. The summed E-state index contributed by atoms with van der Waals surface area (Å²) in [5, 5.41) is 2.56. The van der Waals surface area contributed by atoms with E-state index in [9.17, 15) is 0 Å². The lowest BCUT2D eigenvalue weighted by atomic mass is 9.97. The first kappa shape index (κ1) is 21.2. The van der Waals surface area contributed by atoms with Gasteiger partial charge in [0.15, 0.2) is 0 Å². The number of ether oxygens (including phenoxy) is 1. The Hall–Kier alpha value is -2.13. The number of aryl methyl sites for hydroxylation is 2. The monoisotopic (exact) mass is 491 g/mol. The highest BCUT2D eigenvalue weighted by atomic mass is 32.1. The van der Waals surface area contributed by atoms with Crippen molar-refractivity contribution in [3.8, 4) is 0 Å². The molecule has 0 unspecified atom stereocenters. The van der Waals surface area contributed by atoms with Crippen LogP contribution in [0.25, 0.3) is 20.4 Å². The maximum atomic E-state index is 5.56. The van der Waals surface area contributed by atoms with Crippen LogP contribution in [-0.2, 0) is 24.1 Å². The molecule has 4 aromatic rings. The van der Waals surface area contributed by atoms with Crippen LogP contribution in [0.5, 0.6) is 0 Å². The normalized spacial score (nSPS) is 21.5. The Morgan fingerprint density at radius 1 is 0.941 bits per heavy atom. The number of thiazole rings is 1. The van der Waals surface area contributed by atoms with Crippen molar-refractivity contribution in [3.63, 3.8) is 0 Å². The molecule has 0 bridgehead atoms. The zero-order chi connectivity index (χ0) is 22.5. The molecule has 1 aliphatic carbocycles. The van der Waals surface area contributed by atoms with Crippen molar-refractivity contribution in [2.75, 3.05) is 37.7 Å². The van der Waals surface area contributed by atoms with E-state index in [1.54, 1.807) is 0 Å². The third-order valence-corrected chi connectivity index (χ3v) is 9.75. The smallest absolute Gasteiger partial charge is 0.146 e. The second kappa shape index (κ2) is 8.82. The molecule has 176 valence electrons. The van der Waals surface area contributed by atoms with Crippen molar-refractivity contribution in [1.29, 1.82) is 0 Å². The summed E-state index contributed by atoms with van der Waals surface area (Å²) in [6, 6.07) is 8.81. The van der Waals surface area contributed by atoms with Gasteiger partial charge in [0.1, 0.15) is 21.5 Å². The molecular formula is C26H29N5OS2. The number of hydrogen-bond donors (Lipinski definition) is 0. The van der Waals surface area contributed by atoms with Crippen molar-refractivity contribution in [2.45, 2.75) is 51.1 Å². The number of aromatic nitrogens is 3. The highest BCUT2D eigenvalue weighted by Crippen LogP contribution is 2.45. The quantitative estimate of drug-likeness (QED) is 0.383. The standard InChI is InChI=1S/C26H29N5OS2/c1-3-9-20-17(6-1)23-24(28-22(29-26(23)33-20)16-30-12-14-32-15-13-30)31-11-5-8-19(31)25-27-18-7-2-4-10-21(18)34-25/h2,4,7,10,19H,1,3,5-6,8-9,11-16H2/t19-/m0/s1. The van der Waals surface area contributed by atoms with Crippen molar-refractivity contribution < 1.29 is 4.74 Å². The molecule has 0 saturated carbocycles. The van der Waals surface area contributed by atoms with Crippen LogP contribution >= 0.6 is 22.7 Å². The van der Waals surface area contributed by atoms with Gasteiger partial charge < -0.3 is 9.64 Å². The van der Waals surface area contributed by atoms with Crippen LogP contribution in [0, 0.1) is 0 Å². The largest absolute Gasteiger partial charge is 0.379 e. The fourth-order valence-corrected chi connectivity index (χ4v) is 8.12. The third-order valence-electron chi connectivity index (χ3n) is 7.43. The minimum absolute atomic E-state index is 0.297. The van der Waals surface area contributed by atoms with Crippen LogP contribution in [0.15, 0.2) is 24.3 Å². The predicted octanol–water partition coefficient (Wildman–Crippen LogP) is 5.35. The number of hydrogen-bond acceptors (Lipinski definition) is 8. The first-order chi connectivity index (χ1) is 16.8. The Bertz CT molecular complexity index is 1310. The van der Waals surface area contributed by atoms with E-state index in [1.165, 1.54) is 56.0 Å². The van der Waals surface area contributed by atoms with Gasteiger partial charge >= 0.3 is 0 Å². The molecule has 5 heterocycles. The number of thiophene rings is 1. The average molecular weight is 492 g/mol. The fraction of sp³-hybridized carbons (Fsp3) is 0.500. The molecule has 34 heavy (non-hydrogen) atoms. The molecule has 1 aromatic carbocycles. The second-order valence-electron chi connectivity index (χ2n) is 9.61. The van der Waals surface area contributed by atoms with E-state index in [0.717, 1.165) is 69.4 Å². The molecule has 3 aliphatic rings. The zero-order valence-corrected chi connectivity index (χ0v) is 21.0. The van der Waals surface area contributed by atoms with Crippen LogP contribution in [0.1, 0.15) is 53.0 Å². The number of rotatable bonds is 4. The molecule has 2 saturated heterocycles. The molecule has 2 fully saturated rings. The minimum atomic E-state index is 0.297. The van der Waals surface area contributed by atoms with Gasteiger partial charge in [-0.25, -0.2) is 15.0 Å². The highest BCUT2D eigenvalue weighted by molar-refractivity contribution is 7.19. The molecule has 0 amide bonds. The van der Waals surface area contributed by atoms with Gasteiger partial charge in [0, 0.05) is 24.5 Å². The van der Waals surface area contributed by atoms with E-state index in [1.807, 2.05) is 22.7 Å². The Kier molecular flexibility index (Phi) is 5.50. The molecule has 2 aliphatic heterocycles. The second-order valence-corrected chi connectivity index (χ2v) is 11.8. The van der Waals surface area contributed by atoms with Crippen molar-refractivity contribution in [2.24, 2.45) is 0 Å². The first-order valence-electron chi connectivity index (χ1n) is 12.6. The van der Waals surface area contributed by atoms with E-state index in [-0.39, 0.29) is 0 Å². The average Bonchev–Trinajstić information content (AvgIpc) is 3.60. The summed E-state index contributed by atoms with van der Waals surface area (Å²) in [5.41, 5.74) is 2.64. The van der Waals surface area contributed by atoms with E-state index in [4.69, 9.17) is 19.7 Å². The van der Waals surface area contributed by atoms with Crippen molar-refractivity contribution in [1.82, 2.24) is 19.9 Å². The van der Waals surface area contributed by atoms with E-state index < -0.39 is 0 Å². The molecule has 0 radical (unpaired) electrons. The SMILES string of the molecule is c1ccc2sc([C@@H]3CCCN3c3nc(CN4CCOCC4)nc4sc5c(c34)CCCC5)nc2c1. The topological polar surface area (TPSA) is 54.4 Å². The summed E-state index contributed by atoms with van der Waals surface area (Å²) in [5.74, 6) is 2.12. The number of morpholine rings is 1. The number of fused-ring (bicyclic) bond motifs is 4. The summed E-state index contributed by atoms with van der Waals surface area (Å²) in [4.78, 5) is 23.2. The maximum absolute atomic E-state index is 5.56. The van der Waals surface area contributed by atoms with Gasteiger partial charge in [0.2, 0.25) is 0 Å². The Morgan fingerprint density at radius 2 is 1.82 bits per heavy atom. The summed E-state index contributed by atoms with van der Waals surface area (Å²) >= 11 is 3.76. The summed E-state index contributed by atoms with van der Waals surface area (Å²) in [7, 11) is 0. The number of nitrogens with zero attached hydrogens (tertiary/aromatic N) is 5. The van der Waals surface area contributed by atoms with Crippen LogP contribution in [-0.4, -0.2) is 52.7 Å². The summed E-state index contributed by atoms with van der Waals surface area (Å²) in [6.07, 6.45) is 7.23. The van der Waals surface area contributed by atoms with Gasteiger partial charge in [-0.05, 0) is 56.2 Å². The fourth-order valence-electron chi connectivity index (χ4n) is 5.73. The molecule has 0 spiro atoms. The summed E-state index contributed by atoms with van der Waals surface area (Å²) < 4.78 is 6.84. The highest BCUT2D eigenvalue weighted by Gasteiger charge is 2.33. The van der Waals surface area contributed by atoms with Gasteiger partial charge in [-0.1, -0.05) is 12.1 Å². The van der Waals surface area contributed by atoms with Crippen LogP contribution in [0.4, 0.5) is 5.82 Å². The van der Waals surface area contributed by atoms with E-state index in [0.29, 0.717) is 6.04 Å². The van der Waals surface area contributed by atoms with Crippen molar-refractivity contribution in [3.05, 3.63) is 45.5 Å². The van der Waals surface area contributed by atoms with Gasteiger partial charge in [-0.3, -0.25) is 4.90 Å². The lowest BCUT2D eigenvalue weighted by Gasteiger charge is -2.28. The predicted molar refractivity (Wildman–Crippen MR) is 139 cm³/mol. The molecule has 8 heteroatoms. The Labute approximate surface area is 207 Å². The minimum Gasteiger partial charge on any atom is -0.379 e. The molecule has 1 atom stereocenters. The molecule has 6 nitrogen and oxygen atoms in total. The van der Waals surface area contributed by atoms with Gasteiger partial charge in [0.25, 0.3) is 0 Å². The zero-order valence-electron chi connectivity index (χ0n) is 19.3. The third kappa shape index (κ3) is 3.71. The molecule has 7 rings (SSSR count). The van der Waals surface area contributed by atoms with Crippen LogP contribution < -0.4 is 4.90 Å². The maximum Gasteiger partial charge on any atom is 0.146 e. The Balaban J connectivity index is 1.33. The lowest BCUT2D eigenvalue weighted by Crippen LogP contribution is -2.36. The van der Waals surface area contributed by atoms with Gasteiger partial charge in [-0.2, -0.15) is 0 Å². The van der Waals surface area contributed by atoms with E-state index in [2.05, 4.69) is 34.1 Å². The lowest BCUT2D eigenvalue weighted by molar-refractivity contribution is 0.0331. The van der Waals surface area contributed by atoms with Crippen LogP contribution in [0.2, 0.25) is 0 Å². The molecule has 0 N–H and O–H groups in total. The number of para-hydroxylation sites is 1. The van der Waals surface area contributed by atoms with Gasteiger partial charge in [-0.15, -0.1) is 22.7 Å². The number of anilines is 1. The Morgan fingerprint density at radius 3 is 2.74 bits per heavy atom. The van der Waals surface area contributed by atoms with Crippen LogP contribution in [0.3, 0.4) is 0 Å². The van der Waals surface area contributed by atoms with E-state index >= 15 is 0 Å². The van der Waals surface area contributed by atoms with Gasteiger partial charge in [0.05, 0.1) is 41.4 Å². The molecule has 3 aromatic heterocycles. The number of benzene rings is 1. The molecular weight excluding hydrogens is 462 g/mol. The first-order valence-corrected chi connectivity index (χ1v) is 14.2.